The van der Waals surface area contributed by atoms with E-state index >= 15 is 0 Å². The number of hydrogen-bond acceptors (Lipinski definition) is 5. The second kappa shape index (κ2) is 6.93. The standard InChI is InChI=1S/C18H19N3O3S/c22-17(20-13-3-1-6-19-10-13)12-9-15-14(5-7-24-15)21(11-12)18(23)16-4-2-8-25-16/h1-4,6,8,10,12,14-15H,5,7,9,11H2,(H,20,22)/t12-,14+,15+/m0/s1. The molecule has 6 nitrogen and oxygen atoms in total. The van der Waals surface area contributed by atoms with E-state index < -0.39 is 0 Å². The Balaban J connectivity index is 1.52. The zero-order valence-corrected chi connectivity index (χ0v) is 14.4. The van der Waals surface area contributed by atoms with Gasteiger partial charge in [0.15, 0.2) is 0 Å². The van der Waals surface area contributed by atoms with E-state index in [1.165, 1.54) is 11.3 Å². The zero-order valence-electron chi connectivity index (χ0n) is 13.6. The van der Waals surface area contributed by atoms with E-state index in [9.17, 15) is 9.59 Å². The number of likely N-dealkylation sites (tertiary alicyclic amines) is 1. The van der Waals surface area contributed by atoms with Crippen LogP contribution in [0.2, 0.25) is 0 Å². The SMILES string of the molecule is O=C(Nc1cccnc1)[C@H]1C[C@H]2OCC[C@H]2N(C(=O)c2cccs2)C1. The van der Waals surface area contributed by atoms with Gasteiger partial charge >= 0.3 is 0 Å². The minimum atomic E-state index is -0.288. The number of amides is 2. The van der Waals surface area contributed by atoms with Crippen LogP contribution in [0.25, 0.3) is 0 Å². The lowest BCUT2D eigenvalue weighted by molar-refractivity contribution is -0.123. The monoisotopic (exact) mass is 357 g/mol. The highest BCUT2D eigenvalue weighted by atomic mass is 32.1. The molecule has 2 aliphatic rings. The molecule has 2 saturated heterocycles. The van der Waals surface area contributed by atoms with E-state index in [1.54, 1.807) is 24.5 Å². The molecule has 0 aliphatic carbocycles. The van der Waals surface area contributed by atoms with Gasteiger partial charge in [0.2, 0.25) is 5.91 Å². The van der Waals surface area contributed by atoms with Gasteiger partial charge in [-0.1, -0.05) is 6.07 Å². The van der Waals surface area contributed by atoms with Crippen LogP contribution in [-0.2, 0) is 9.53 Å². The third-order valence-corrected chi connectivity index (χ3v) is 5.66. The molecule has 2 fully saturated rings. The summed E-state index contributed by atoms with van der Waals surface area (Å²) >= 11 is 1.43. The maximum Gasteiger partial charge on any atom is 0.264 e. The van der Waals surface area contributed by atoms with Crippen molar-refractivity contribution in [2.24, 2.45) is 5.92 Å². The van der Waals surface area contributed by atoms with Crippen LogP contribution in [0.1, 0.15) is 22.5 Å². The Kier molecular flexibility index (Phi) is 4.50. The summed E-state index contributed by atoms with van der Waals surface area (Å²) < 4.78 is 5.80. The topological polar surface area (TPSA) is 71.5 Å². The molecule has 130 valence electrons. The van der Waals surface area contributed by atoms with Gasteiger partial charge in [0.05, 0.1) is 34.8 Å². The van der Waals surface area contributed by atoms with E-state index in [4.69, 9.17) is 4.74 Å². The van der Waals surface area contributed by atoms with Gasteiger partial charge in [-0.25, -0.2) is 0 Å². The lowest BCUT2D eigenvalue weighted by atomic mass is 9.89. The highest BCUT2D eigenvalue weighted by Crippen LogP contribution is 2.33. The van der Waals surface area contributed by atoms with Crippen molar-refractivity contribution >= 4 is 28.8 Å². The van der Waals surface area contributed by atoms with E-state index in [0.29, 0.717) is 30.1 Å². The predicted octanol–water partition coefficient (Wildman–Crippen LogP) is 2.40. The van der Waals surface area contributed by atoms with Gasteiger partial charge in [-0.3, -0.25) is 14.6 Å². The number of carbonyl (C=O) groups is 2. The number of pyridine rings is 1. The third kappa shape index (κ3) is 3.29. The second-order valence-corrected chi connectivity index (χ2v) is 7.31. The van der Waals surface area contributed by atoms with Gasteiger partial charge in [-0.15, -0.1) is 11.3 Å². The molecule has 7 heteroatoms. The van der Waals surface area contributed by atoms with Crippen molar-refractivity contribution in [2.75, 3.05) is 18.5 Å². The molecule has 0 radical (unpaired) electrons. The molecule has 0 saturated carbocycles. The number of thiophene rings is 1. The second-order valence-electron chi connectivity index (χ2n) is 6.36. The van der Waals surface area contributed by atoms with Crippen molar-refractivity contribution in [3.8, 4) is 0 Å². The Morgan fingerprint density at radius 2 is 2.24 bits per heavy atom. The third-order valence-electron chi connectivity index (χ3n) is 4.80. The number of aromatic nitrogens is 1. The molecular formula is C18H19N3O3S. The summed E-state index contributed by atoms with van der Waals surface area (Å²) in [5.41, 5.74) is 0.665. The van der Waals surface area contributed by atoms with Crippen LogP contribution in [0, 0.1) is 5.92 Å². The normalized spacial score (nSPS) is 25.4. The van der Waals surface area contributed by atoms with Crippen LogP contribution in [0.15, 0.2) is 42.0 Å². The van der Waals surface area contributed by atoms with E-state index in [1.807, 2.05) is 22.4 Å². The summed E-state index contributed by atoms with van der Waals surface area (Å²) in [6.07, 6.45) is 4.69. The summed E-state index contributed by atoms with van der Waals surface area (Å²) in [6.45, 7) is 1.06. The molecule has 0 spiro atoms. The largest absolute Gasteiger partial charge is 0.376 e. The number of nitrogens with one attached hydrogen (secondary N) is 1. The van der Waals surface area contributed by atoms with Crippen molar-refractivity contribution in [3.63, 3.8) is 0 Å². The summed E-state index contributed by atoms with van der Waals surface area (Å²) in [4.78, 5) is 32.1. The molecule has 2 aromatic heterocycles. The lowest BCUT2D eigenvalue weighted by Crippen LogP contribution is -2.54. The molecule has 2 aliphatic heterocycles. The molecule has 4 rings (SSSR count). The van der Waals surface area contributed by atoms with E-state index in [0.717, 1.165) is 6.42 Å². The van der Waals surface area contributed by atoms with Gasteiger partial charge in [0, 0.05) is 19.3 Å². The fraction of sp³-hybridized carbons (Fsp3) is 0.389. The fourth-order valence-corrected chi connectivity index (χ4v) is 4.27. The molecule has 0 aromatic carbocycles. The van der Waals surface area contributed by atoms with Crippen molar-refractivity contribution in [2.45, 2.75) is 25.0 Å². The highest BCUT2D eigenvalue weighted by Gasteiger charge is 2.44. The smallest absolute Gasteiger partial charge is 0.264 e. The molecular weight excluding hydrogens is 338 g/mol. The van der Waals surface area contributed by atoms with E-state index in [-0.39, 0.29) is 29.9 Å². The fourth-order valence-electron chi connectivity index (χ4n) is 3.59. The van der Waals surface area contributed by atoms with Gasteiger partial charge in [0.25, 0.3) is 5.91 Å². The maximum atomic E-state index is 12.9. The Bertz CT molecular complexity index is 750. The molecule has 25 heavy (non-hydrogen) atoms. The van der Waals surface area contributed by atoms with Gasteiger partial charge in [0.1, 0.15) is 0 Å². The number of hydrogen-bond donors (Lipinski definition) is 1. The molecule has 0 unspecified atom stereocenters. The van der Waals surface area contributed by atoms with Gasteiger partial charge < -0.3 is 15.0 Å². The number of fused-ring (bicyclic) bond motifs is 1. The Labute approximate surface area is 149 Å². The number of nitrogens with zero attached hydrogens (tertiary/aromatic N) is 2. The minimum Gasteiger partial charge on any atom is -0.376 e. The molecule has 1 N–H and O–H groups in total. The van der Waals surface area contributed by atoms with Crippen LogP contribution in [0.4, 0.5) is 5.69 Å². The predicted molar refractivity (Wildman–Crippen MR) is 94.5 cm³/mol. The summed E-state index contributed by atoms with van der Waals surface area (Å²) in [5, 5.41) is 4.79. The average molecular weight is 357 g/mol. The first-order chi connectivity index (χ1) is 12.2. The Hall–Kier alpha value is -2.25. The van der Waals surface area contributed by atoms with Crippen LogP contribution in [-0.4, -0.2) is 47.0 Å². The molecule has 3 atom stereocenters. The average Bonchev–Trinajstić information content (AvgIpc) is 3.32. The maximum absolute atomic E-state index is 12.9. The molecule has 2 aromatic rings. The number of rotatable bonds is 3. The number of carbonyl (C=O) groups excluding carboxylic acids is 2. The number of ether oxygens (including phenoxy) is 1. The highest BCUT2D eigenvalue weighted by molar-refractivity contribution is 7.12. The number of piperidine rings is 1. The minimum absolute atomic E-state index is 0.00521. The lowest BCUT2D eigenvalue weighted by Gasteiger charge is -2.40. The first kappa shape index (κ1) is 16.2. The van der Waals surface area contributed by atoms with Crippen LogP contribution in [0.3, 0.4) is 0 Å². The van der Waals surface area contributed by atoms with Crippen molar-refractivity contribution in [1.82, 2.24) is 9.88 Å². The van der Waals surface area contributed by atoms with Crippen molar-refractivity contribution in [1.29, 1.82) is 0 Å². The quantitative estimate of drug-likeness (QED) is 0.916. The summed E-state index contributed by atoms with van der Waals surface area (Å²) in [6, 6.07) is 7.35. The molecule has 4 heterocycles. The van der Waals surface area contributed by atoms with Crippen LogP contribution >= 0.6 is 11.3 Å². The molecule has 0 bridgehead atoms. The van der Waals surface area contributed by atoms with Crippen molar-refractivity contribution in [3.05, 3.63) is 46.9 Å². The molecule has 2 amide bonds. The van der Waals surface area contributed by atoms with Crippen LogP contribution in [0.5, 0.6) is 0 Å². The van der Waals surface area contributed by atoms with Crippen LogP contribution < -0.4 is 5.32 Å². The first-order valence-electron chi connectivity index (χ1n) is 8.39. The van der Waals surface area contributed by atoms with E-state index in [2.05, 4.69) is 10.3 Å². The summed E-state index contributed by atoms with van der Waals surface area (Å²) in [7, 11) is 0. The Morgan fingerprint density at radius 3 is 3.00 bits per heavy atom. The Morgan fingerprint density at radius 1 is 1.32 bits per heavy atom. The van der Waals surface area contributed by atoms with Crippen molar-refractivity contribution < 1.29 is 14.3 Å². The van der Waals surface area contributed by atoms with Gasteiger partial charge in [-0.05, 0) is 36.4 Å². The number of anilines is 1. The first-order valence-corrected chi connectivity index (χ1v) is 9.27. The van der Waals surface area contributed by atoms with Gasteiger partial charge in [-0.2, -0.15) is 0 Å². The zero-order chi connectivity index (χ0) is 17.2. The summed E-state index contributed by atoms with van der Waals surface area (Å²) in [5.74, 6) is -0.385.